The van der Waals surface area contributed by atoms with Gasteiger partial charge in [-0.1, -0.05) is 167 Å². The molecule has 0 aliphatic heterocycles. The highest BCUT2D eigenvalue weighted by Crippen LogP contribution is 2.33. The number of carbonyl (C=O) groups is 3. The molecule has 1 aliphatic rings. The molecule has 0 unspecified atom stereocenters. The van der Waals surface area contributed by atoms with Crippen molar-refractivity contribution in [2.75, 3.05) is 13.2 Å². The van der Waals surface area contributed by atoms with Gasteiger partial charge < -0.3 is 24.8 Å². The number of carbonyl (C=O) groups excluding carboxylic acids is 3. The molecule has 0 radical (unpaired) electrons. The summed E-state index contributed by atoms with van der Waals surface area (Å²) in [7, 11) is 0. The van der Waals surface area contributed by atoms with Gasteiger partial charge in [-0.05, 0) is 32.1 Å². The summed E-state index contributed by atoms with van der Waals surface area (Å²) in [4.78, 5) is 36.9. The average Bonchev–Trinajstić information content (AvgIpc) is 3.40. The lowest BCUT2D eigenvalue weighted by Gasteiger charge is -2.17. The van der Waals surface area contributed by atoms with Crippen molar-refractivity contribution in [1.82, 2.24) is 0 Å². The van der Waals surface area contributed by atoms with Crippen LogP contribution in [0.4, 0.5) is 0 Å². The summed E-state index contributed by atoms with van der Waals surface area (Å²) < 4.78 is 10.6. The minimum atomic E-state index is -0.871. The summed E-state index contributed by atoms with van der Waals surface area (Å²) in [5.74, 6) is -1.40. The Hall–Kier alpha value is -2.03. The normalized spacial score (nSPS) is 18.8. The molecule has 1 saturated carbocycles. The van der Waals surface area contributed by atoms with Crippen molar-refractivity contribution in [2.45, 2.75) is 212 Å². The first kappa shape index (κ1) is 48.0. The van der Waals surface area contributed by atoms with Gasteiger partial charge in [-0.2, -0.15) is 0 Å². The summed E-state index contributed by atoms with van der Waals surface area (Å²) in [6.07, 6.45) is 34.6. The van der Waals surface area contributed by atoms with Crippen molar-refractivity contribution >= 4 is 17.7 Å². The van der Waals surface area contributed by atoms with Crippen LogP contribution in [-0.2, 0) is 23.9 Å². The largest absolute Gasteiger partial charge is 0.462 e. The van der Waals surface area contributed by atoms with Gasteiger partial charge in [-0.25, -0.2) is 0 Å². The zero-order chi connectivity index (χ0) is 38.1. The third-order valence-electron chi connectivity index (χ3n) is 10.4. The maximum absolute atomic E-state index is 12.4. The van der Waals surface area contributed by atoms with E-state index in [1.807, 2.05) is 12.2 Å². The number of ether oxygens (including phenoxy) is 2. The van der Waals surface area contributed by atoms with Gasteiger partial charge >= 0.3 is 11.9 Å². The fourth-order valence-corrected chi connectivity index (χ4v) is 7.01. The fraction of sp³-hybridized carbons (Fsp3) is 0.841. The third-order valence-corrected chi connectivity index (χ3v) is 10.4. The second-order valence-corrected chi connectivity index (χ2v) is 15.2. The molecule has 3 N–H and O–H groups in total. The quantitative estimate of drug-likeness (QED) is 0.0333. The molecular formula is C44H78O8. The molecule has 1 fully saturated rings. The first-order valence-corrected chi connectivity index (χ1v) is 21.5. The van der Waals surface area contributed by atoms with E-state index < -0.39 is 36.8 Å². The topological polar surface area (TPSA) is 130 Å². The van der Waals surface area contributed by atoms with E-state index >= 15 is 0 Å². The fourth-order valence-electron chi connectivity index (χ4n) is 7.01. The lowest BCUT2D eigenvalue weighted by molar-refractivity contribution is -0.161. The summed E-state index contributed by atoms with van der Waals surface area (Å²) in [6.45, 7) is 3.83. The lowest BCUT2D eigenvalue weighted by atomic mass is 9.90. The van der Waals surface area contributed by atoms with E-state index in [1.165, 1.54) is 96.3 Å². The number of hydrogen-bond donors (Lipinski definition) is 3. The highest BCUT2D eigenvalue weighted by molar-refractivity contribution is 5.86. The summed E-state index contributed by atoms with van der Waals surface area (Å²) >= 11 is 0. The minimum Gasteiger partial charge on any atom is -0.462 e. The Labute approximate surface area is 317 Å². The number of unbranched alkanes of at least 4 members (excludes halogenated alkanes) is 20. The van der Waals surface area contributed by atoms with Crippen LogP contribution in [0.5, 0.6) is 0 Å². The van der Waals surface area contributed by atoms with Crippen LogP contribution < -0.4 is 0 Å². The van der Waals surface area contributed by atoms with E-state index in [4.69, 9.17) is 9.47 Å². The second kappa shape index (κ2) is 33.5. The van der Waals surface area contributed by atoms with Gasteiger partial charge in [0, 0.05) is 31.1 Å². The van der Waals surface area contributed by atoms with Gasteiger partial charge in [0.2, 0.25) is 0 Å². The van der Waals surface area contributed by atoms with E-state index in [2.05, 4.69) is 13.8 Å². The molecule has 8 heteroatoms. The molecule has 0 bridgehead atoms. The number of aliphatic hydroxyl groups is 3. The first-order chi connectivity index (χ1) is 25.3. The summed E-state index contributed by atoms with van der Waals surface area (Å²) in [6, 6.07) is 0. The zero-order valence-corrected chi connectivity index (χ0v) is 33.3. The van der Waals surface area contributed by atoms with Gasteiger partial charge in [-0.3, -0.25) is 14.4 Å². The Morgan fingerprint density at radius 2 is 1.25 bits per heavy atom. The number of Topliss-reactive ketones (excluding diaryl/α,β-unsaturated/α-hetero) is 1. The Balaban J connectivity index is 2.06. The molecule has 1 aliphatic carbocycles. The Kier molecular flexibility index (Phi) is 30.9. The van der Waals surface area contributed by atoms with Crippen LogP contribution in [0.25, 0.3) is 0 Å². The number of allylic oxidation sites excluding steroid dienone is 3. The number of hydrogen-bond acceptors (Lipinski definition) is 8. The van der Waals surface area contributed by atoms with E-state index in [9.17, 15) is 29.7 Å². The van der Waals surface area contributed by atoms with E-state index in [1.54, 1.807) is 12.2 Å². The van der Waals surface area contributed by atoms with Gasteiger partial charge in [-0.15, -0.1) is 0 Å². The predicted molar refractivity (Wildman–Crippen MR) is 211 cm³/mol. The van der Waals surface area contributed by atoms with Crippen LogP contribution in [0.2, 0.25) is 0 Å². The molecule has 0 saturated heterocycles. The third kappa shape index (κ3) is 25.9. The Bertz CT molecular complexity index is 947. The van der Waals surface area contributed by atoms with Gasteiger partial charge in [0.15, 0.2) is 6.10 Å². The van der Waals surface area contributed by atoms with Crippen molar-refractivity contribution in [2.24, 2.45) is 11.8 Å². The lowest BCUT2D eigenvalue weighted by Crippen LogP contribution is -2.28. The van der Waals surface area contributed by atoms with Crippen molar-refractivity contribution in [3.05, 3.63) is 24.3 Å². The molecule has 0 amide bonds. The maximum Gasteiger partial charge on any atom is 0.306 e. The van der Waals surface area contributed by atoms with Crippen molar-refractivity contribution in [3.63, 3.8) is 0 Å². The average molecular weight is 735 g/mol. The number of ketones is 1. The number of esters is 2. The summed E-state index contributed by atoms with van der Waals surface area (Å²) in [5, 5.41) is 30.2. The molecular weight excluding hydrogens is 656 g/mol. The van der Waals surface area contributed by atoms with E-state index in [0.717, 1.165) is 38.5 Å². The predicted octanol–water partition coefficient (Wildman–Crippen LogP) is 10.0. The zero-order valence-electron chi connectivity index (χ0n) is 33.3. The summed E-state index contributed by atoms with van der Waals surface area (Å²) in [5.41, 5.74) is 0. The van der Waals surface area contributed by atoms with Gasteiger partial charge in [0.25, 0.3) is 0 Å². The molecule has 8 nitrogen and oxygen atoms in total. The molecule has 302 valence electrons. The Morgan fingerprint density at radius 3 is 1.81 bits per heavy atom. The van der Waals surface area contributed by atoms with Gasteiger partial charge in [0.1, 0.15) is 12.4 Å². The molecule has 0 aromatic rings. The van der Waals surface area contributed by atoms with Crippen molar-refractivity contribution in [3.8, 4) is 0 Å². The second-order valence-electron chi connectivity index (χ2n) is 15.2. The van der Waals surface area contributed by atoms with Crippen LogP contribution in [0, 0.1) is 11.8 Å². The van der Waals surface area contributed by atoms with Gasteiger partial charge in [0.05, 0.1) is 18.8 Å². The van der Waals surface area contributed by atoms with Crippen molar-refractivity contribution < 1.29 is 39.2 Å². The molecule has 0 heterocycles. The highest BCUT2D eigenvalue weighted by atomic mass is 16.6. The Morgan fingerprint density at radius 1 is 0.731 bits per heavy atom. The monoisotopic (exact) mass is 735 g/mol. The van der Waals surface area contributed by atoms with Crippen LogP contribution in [-0.4, -0.2) is 64.6 Å². The molecule has 0 aromatic carbocycles. The van der Waals surface area contributed by atoms with E-state index in [-0.39, 0.29) is 37.1 Å². The van der Waals surface area contributed by atoms with Crippen LogP contribution >= 0.6 is 0 Å². The van der Waals surface area contributed by atoms with E-state index in [0.29, 0.717) is 32.1 Å². The van der Waals surface area contributed by atoms with Crippen molar-refractivity contribution in [1.29, 1.82) is 0 Å². The molecule has 0 spiro atoms. The number of aliphatic hydroxyl groups excluding tert-OH is 3. The molecule has 5 atom stereocenters. The maximum atomic E-state index is 12.4. The van der Waals surface area contributed by atoms with Crippen LogP contribution in [0.1, 0.15) is 194 Å². The molecule has 0 aromatic heterocycles. The van der Waals surface area contributed by atoms with Crippen LogP contribution in [0.15, 0.2) is 24.3 Å². The minimum absolute atomic E-state index is 0.000322. The van der Waals surface area contributed by atoms with Crippen LogP contribution in [0.3, 0.4) is 0 Å². The molecule has 52 heavy (non-hydrogen) atoms. The standard InChI is InChI=1S/C44H78O8/c1-3-5-7-8-9-10-11-12-13-14-15-16-17-18-19-20-21-26-30-43(49)51-36-38(35-45)52-44(50)31-27-23-22-25-29-39-40(42(48)34-41(39)47)33-32-37(46)28-24-6-4-2/h22,25,32-33,37-41,45-47H,3-21,23-24,26-31,34-36H2,1-2H3/b25-22-,33-32+/t37-,38-,39+,40+,41-/m0/s1. The number of rotatable bonds is 35. The SMILES string of the molecule is CCCCCCCCCCCCCCCCCCCCC(=O)OC[C@H](CO)OC(=O)CCC/C=C\C[C@H]1[C@@H](O)CC(=O)[C@@H]1/C=C/[C@@H](O)CCCCC. The smallest absolute Gasteiger partial charge is 0.306 e. The molecule has 1 rings (SSSR count). The highest BCUT2D eigenvalue weighted by Gasteiger charge is 2.39. The first-order valence-electron chi connectivity index (χ1n) is 21.5.